The van der Waals surface area contributed by atoms with Crippen molar-refractivity contribution >= 4 is 27.3 Å². The Morgan fingerprint density at radius 3 is 2.44 bits per heavy atom. The molecule has 0 unspecified atom stereocenters. The number of amides is 2. The van der Waals surface area contributed by atoms with Crippen LogP contribution in [0.3, 0.4) is 0 Å². The van der Waals surface area contributed by atoms with E-state index in [1.165, 1.54) is 24.3 Å². The van der Waals surface area contributed by atoms with Crippen molar-refractivity contribution in [2.45, 2.75) is 42.2 Å². The van der Waals surface area contributed by atoms with Crippen LogP contribution in [0.1, 0.15) is 31.2 Å². The average molecular weight is 461 g/mol. The molecule has 172 valence electrons. The first-order valence-corrected chi connectivity index (χ1v) is 11.9. The Morgan fingerprint density at radius 1 is 1.12 bits per heavy atom. The fraction of sp³-hybridized carbons (Fsp3) is 0.391. The molecule has 0 aliphatic carbocycles. The lowest BCUT2D eigenvalue weighted by Crippen LogP contribution is -2.53. The van der Waals surface area contributed by atoms with Crippen LogP contribution in [-0.4, -0.2) is 44.8 Å². The largest absolute Gasteiger partial charge is 0.494 e. The van der Waals surface area contributed by atoms with Crippen LogP contribution in [0, 0.1) is 6.92 Å². The lowest BCUT2D eigenvalue weighted by molar-refractivity contribution is -0.123. The summed E-state index contributed by atoms with van der Waals surface area (Å²) < 4.78 is 35.4. The number of benzene rings is 2. The summed E-state index contributed by atoms with van der Waals surface area (Å²) in [6.07, 6.45) is 0.868. The zero-order valence-corrected chi connectivity index (χ0v) is 18.8. The smallest absolute Gasteiger partial charge is 0.239 e. The molecule has 1 fully saturated rings. The highest BCUT2D eigenvalue weighted by molar-refractivity contribution is 7.93. The molecule has 0 saturated carbocycles. The Bertz CT molecular complexity index is 1060. The third-order valence-electron chi connectivity index (χ3n) is 5.52. The van der Waals surface area contributed by atoms with Crippen molar-refractivity contribution in [1.29, 1.82) is 0 Å². The van der Waals surface area contributed by atoms with Gasteiger partial charge in [-0.2, -0.15) is 0 Å². The number of ether oxygens (including phenoxy) is 2. The fourth-order valence-corrected chi connectivity index (χ4v) is 5.57. The van der Waals surface area contributed by atoms with Gasteiger partial charge in [-0.05, 0) is 68.1 Å². The second-order valence-electron chi connectivity index (χ2n) is 7.82. The van der Waals surface area contributed by atoms with Gasteiger partial charge in [-0.1, -0.05) is 12.1 Å². The molecule has 0 radical (unpaired) electrons. The highest BCUT2D eigenvalue weighted by atomic mass is 32.2. The SMILES string of the molecule is Cc1cccc(NC(=O)CCCOc2ccc(S(=O)(=O)C3(C(N)=O)CCOCC3)cc2)c1. The number of anilines is 1. The minimum Gasteiger partial charge on any atom is -0.494 e. The molecule has 32 heavy (non-hydrogen) atoms. The molecule has 0 spiro atoms. The molecule has 1 aliphatic rings. The summed E-state index contributed by atoms with van der Waals surface area (Å²) in [4.78, 5) is 24.1. The number of aryl methyl sites for hydroxylation is 1. The predicted molar refractivity (Wildman–Crippen MR) is 120 cm³/mol. The van der Waals surface area contributed by atoms with E-state index >= 15 is 0 Å². The lowest BCUT2D eigenvalue weighted by atomic mass is 9.98. The van der Waals surface area contributed by atoms with Crippen LogP contribution >= 0.6 is 0 Å². The average Bonchev–Trinajstić information content (AvgIpc) is 2.77. The predicted octanol–water partition coefficient (Wildman–Crippen LogP) is 2.60. The minimum atomic E-state index is -3.97. The number of carbonyl (C=O) groups excluding carboxylic acids is 2. The fourth-order valence-electron chi connectivity index (χ4n) is 3.66. The molecule has 8 nitrogen and oxygen atoms in total. The van der Waals surface area contributed by atoms with Crippen LogP contribution in [-0.2, 0) is 24.2 Å². The Hall–Kier alpha value is -2.91. The van der Waals surface area contributed by atoms with E-state index in [1.54, 1.807) is 0 Å². The molecular weight excluding hydrogens is 432 g/mol. The topological polar surface area (TPSA) is 125 Å². The standard InChI is InChI=1S/C23H28N2O6S/c1-17-4-2-5-18(16-17)25-21(26)6-3-13-31-19-7-9-20(10-8-19)32(28,29)23(22(24)27)11-14-30-15-12-23/h2,4-5,7-10,16H,3,6,11-15H2,1H3,(H2,24,27)(H,25,26). The molecule has 1 saturated heterocycles. The third kappa shape index (κ3) is 5.28. The van der Waals surface area contributed by atoms with Crippen LogP contribution in [0.15, 0.2) is 53.4 Å². The van der Waals surface area contributed by atoms with Crippen molar-refractivity contribution < 1.29 is 27.5 Å². The van der Waals surface area contributed by atoms with Crippen molar-refractivity contribution in [2.24, 2.45) is 5.73 Å². The molecule has 9 heteroatoms. The number of carbonyl (C=O) groups is 2. The van der Waals surface area contributed by atoms with E-state index in [4.69, 9.17) is 15.2 Å². The van der Waals surface area contributed by atoms with Gasteiger partial charge in [-0.15, -0.1) is 0 Å². The molecule has 0 atom stereocenters. The monoisotopic (exact) mass is 460 g/mol. The zero-order chi connectivity index (χ0) is 23.2. The van der Waals surface area contributed by atoms with Crippen molar-refractivity contribution in [1.82, 2.24) is 0 Å². The summed E-state index contributed by atoms with van der Waals surface area (Å²) in [6, 6.07) is 13.5. The summed E-state index contributed by atoms with van der Waals surface area (Å²) in [6.45, 7) is 2.59. The first kappa shape index (κ1) is 23.7. The van der Waals surface area contributed by atoms with Gasteiger partial charge in [0, 0.05) is 25.3 Å². The maximum atomic E-state index is 13.1. The summed E-state index contributed by atoms with van der Waals surface area (Å²) in [5.41, 5.74) is 7.31. The van der Waals surface area contributed by atoms with Crippen LogP contribution in [0.25, 0.3) is 0 Å². The number of nitrogens with one attached hydrogen (secondary N) is 1. The van der Waals surface area contributed by atoms with Gasteiger partial charge >= 0.3 is 0 Å². The highest BCUT2D eigenvalue weighted by Crippen LogP contribution is 2.35. The van der Waals surface area contributed by atoms with Crippen molar-refractivity contribution in [3.8, 4) is 5.75 Å². The molecule has 2 aromatic carbocycles. The van der Waals surface area contributed by atoms with Gasteiger partial charge in [0.05, 0.1) is 11.5 Å². The number of primary amides is 1. The third-order valence-corrected chi connectivity index (χ3v) is 8.05. The minimum absolute atomic E-state index is 0.0167. The second-order valence-corrected chi connectivity index (χ2v) is 10.1. The van der Waals surface area contributed by atoms with Gasteiger partial charge in [-0.25, -0.2) is 8.42 Å². The van der Waals surface area contributed by atoms with E-state index in [9.17, 15) is 18.0 Å². The molecule has 1 heterocycles. The van der Waals surface area contributed by atoms with Gasteiger partial charge in [0.15, 0.2) is 14.6 Å². The molecule has 1 aliphatic heterocycles. The van der Waals surface area contributed by atoms with Gasteiger partial charge in [-0.3, -0.25) is 9.59 Å². The van der Waals surface area contributed by atoms with E-state index < -0.39 is 20.5 Å². The summed E-state index contributed by atoms with van der Waals surface area (Å²) in [5, 5.41) is 2.84. The van der Waals surface area contributed by atoms with Gasteiger partial charge in [0.25, 0.3) is 0 Å². The van der Waals surface area contributed by atoms with Crippen molar-refractivity contribution in [3.63, 3.8) is 0 Å². The number of nitrogens with two attached hydrogens (primary N) is 1. The number of hydrogen-bond donors (Lipinski definition) is 2. The normalized spacial score (nSPS) is 15.7. The molecule has 3 rings (SSSR count). The molecule has 0 aromatic heterocycles. The van der Waals surface area contributed by atoms with Gasteiger partial charge in [0.1, 0.15) is 5.75 Å². The van der Waals surface area contributed by atoms with Gasteiger partial charge in [0.2, 0.25) is 11.8 Å². The van der Waals surface area contributed by atoms with E-state index in [1.807, 2.05) is 31.2 Å². The molecule has 0 bridgehead atoms. The summed E-state index contributed by atoms with van der Waals surface area (Å²) in [5.74, 6) is -0.484. The van der Waals surface area contributed by atoms with Crippen molar-refractivity contribution in [3.05, 3.63) is 54.1 Å². The highest BCUT2D eigenvalue weighted by Gasteiger charge is 2.51. The Kier molecular flexibility index (Phi) is 7.52. The van der Waals surface area contributed by atoms with E-state index in [2.05, 4.69) is 5.32 Å². The Labute approximate surface area is 188 Å². The van der Waals surface area contributed by atoms with Crippen molar-refractivity contribution in [2.75, 3.05) is 25.1 Å². The maximum Gasteiger partial charge on any atom is 0.239 e. The van der Waals surface area contributed by atoms with E-state index in [0.717, 1.165) is 11.3 Å². The van der Waals surface area contributed by atoms with Crippen LogP contribution in [0.2, 0.25) is 0 Å². The van der Waals surface area contributed by atoms with E-state index in [0.29, 0.717) is 25.2 Å². The first-order valence-electron chi connectivity index (χ1n) is 10.5. The zero-order valence-electron chi connectivity index (χ0n) is 18.0. The first-order chi connectivity index (χ1) is 15.2. The van der Waals surface area contributed by atoms with Crippen LogP contribution in [0.5, 0.6) is 5.75 Å². The van der Waals surface area contributed by atoms with Crippen LogP contribution < -0.4 is 15.8 Å². The molecule has 3 N–H and O–H groups in total. The Balaban J connectivity index is 1.53. The second kappa shape index (κ2) is 10.1. The molecular formula is C23H28N2O6S. The maximum absolute atomic E-state index is 13.1. The van der Waals surface area contributed by atoms with Crippen LogP contribution in [0.4, 0.5) is 5.69 Å². The summed E-state index contributed by atoms with van der Waals surface area (Å²) in [7, 11) is -3.97. The number of sulfone groups is 1. The molecule has 2 aromatic rings. The van der Waals surface area contributed by atoms with Gasteiger partial charge < -0.3 is 20.5 Å². The Morgan fingerprint density at radius 2 is 1.81 bits per heavy atom. The quantitative estimate of drug-likeness (QED) is 0.554. The molecule has 2 amide bonds. The van der Waals surface area contributed by atoms with E-state index in [-0.39, 0.29) is 36.9 Å². The number of rotatable bonds is 9. The number of hydrogen-bond acceptors (Lipinski definition) is 6. The lowest BCUT2D eigenvalue weighted by Gasteiger charge is -2.33. The summed E-state index contributed by atoms with van der Waals surface area (Å²) >= 11 is 0.